The van der Waals surface area contributed by atoms with Gasteiger partial charge >= 0.3 is 12.3 Å². The summed E-state index contributed by atoms with van der Waals surface area (Å²) in [5, 5.41) is 0.814. The lowest BCUT2D eigenvalue weighted by atomic mass is 10.1. The van der Waals surface area contributed by atoms with Gasteiger partial charge in [-0.25, -0.2) is 0 Å². The van der Waals surface area contributed by atoms with Gasteiger partial charge in [-0.15, -0.1) is 13.2 Å². The van der Waals surface area contributed by atoms with Gasteiger partial charge in [-0.05, 0) is 48.9 Å². The molecule has 0 spiro atoms. The zero-order valence-corrected chi connectivity index (χ0v) is 17.4. The molecule has 0 bridgehead atoms. The number of nitrogens with zero attached hydrogens (tertiary/aromatic N) is 1. The first-order chi connectivity index (χ1) is 14.6. The molecule has 0 N–H and O–H groups in total. The molecular formula is C21H17ClF3NO5. The van der Waals surface area contributed by atoms with Crippen LogP contribution in [-0.2, 0) is 16.0 Å². The first kappa shape index (κ1) is 22.5. The van der Waals surface area contributed by atoms with Crippen LogP contribution in [0.3, 0.4) is 0 Å². The fourth-order valence-corrected chi connectivity index (χ4v) is 3.50. The van der Waals surface area contributed by atoms with Crippen molar-refractivity contribution in [1.82, 2.24) is 4.57 Å². The minimum Gasteiger partial charge on any atom is -0.495 e. The summed E-state index contributed by atoms with van der Waals surface area (Å²) in [4.78, 5) is 25.1. The summed E-state index contributed by atoms with van der Waals surface area (Å²) in [5.41, 5.74) is 1.54. The van der Waals surface area contributed by atoms with Gasteiger partial charge in [0.1, 0.15) is 11.5 Å². The number of carbonyl (C=O) groups excluding carboxylic acids is 2. The van der Waals surface area contributed by atoms with Gasteiger partial charge < -0.3 is 14.2 Å². The number of hydrogen-bond donors (Lipinski definition) is 0. The molecule has 3 aromatic rings. The van der Waals surface area contributed by atoms with E-state index in [-0.39, 0.29) is 17.0 Å². The summed E-state index contributed by atoms with van der Waals surface area (Å²) in [6.45, 7) is 1.65. The van der Waals surface area contributed by atoms with Gasteiger partial charge in [-0.2, -0.15) is 0 Å². The van der Waals surface area contributed by atoms with Crippen molar-refractivity contribution < 1.29 is 37.0 Å². The average molecular weight is 456 g/mol. The Morgan fingerprint density at radius 2 is 1.74 bits per heavy atom. The second kappa shape index (κ2) is 8.50. The second-order valence-corrected chi connectivity index (χ2v) is 6.94. The lowest BCUT2D eigenvalue weighted by molar-refractivity contribution is -0.274. The zero-order chi connectivity index (χ0) is 22.9. The van der Waals surface area contributed by atoms with Crippen molar-refractivity contribution in [3.63, 3.8) is 0 Å². The average Bonchev–Trinajstić information content (AvgIpc) is 2.96. The Morgan fingerprint density at radius 3 is 2.29 bits per heavy atom. The maximum absolute atomic E-state index is 13.2. The highest BCUT2D eigenvalue weighted by Crippen LogP contribution is 2.35. The van der Waals surface area contributed by atoms with E-state index in [2.05, 4.69) is 4.74 Å². The van der Waals surface area contributed by atoms with Gasteiger partial charge in [0.25, 0.3) is 5.91 Å². The summed E-state index contributed by atoms with van der Waals surface area (Å²) in [5.74, 6) is -1.11. The molecule has 164 valence electrons. The van der Waals surface area contributed by atoms with E-state index in [0.29, 0.717) is 27.9 Å². The largest absolute Gasteiger partial charge is 0.573 e. The lowest BCUT2D eigenvalue weighted by Crippen LogP contribution is -2.17. The number of aromatic nitrogens is 1. The van der Waals surface area contributed by atoms with E-state index in [0.717, 1.165) is 12.1 Å². The molecule has 0 saturated carbocycles. The van der Waals surface area contributed by atoms with Gasteiger partial charge in [0.15, 0.2) is 0 Å². The van der Waals surface area contributed by atoms with Crippen LogP contribution in [0.5, 0.6) is 11.5 Å². The summed E-state index contributed by atoms with van der Waals surface area (Å²) < 4.78 is 52.3. The van der Waals surface area contributed by atoms with Gasteiger partial charge in [-0.3, -0.25) is 14.2 Å². The van der Waals surface area contributed by atoms with Crippen LogP contribution in [0.2, 0.25) is 5.02 Å². The first-order valence-corrected chi connectivity index (χ1v) is 9.28. The monoisotopic (exact) mass is 455 g/mol. The topological polar surface area (TPSA) is 66.8 Å². The highest BCUT2D eigenvalue weighted by molar-refractivity contribution is 6.33. The van der Waals surface area contributed by atoms with E-state index in [1.807, 2.05) is 0 Å². The van der Waals surface area contributed by atoms with Crippen LogP contribution in [0, 0.1) is 6.92 Å². The molecule has 0 aliphatic rings. The van der Waals surface area contributed by atoms with Crippen LogP contribution < -0.4 is 9.47 Å². The van der Waals surface area contributed by atoms with E-state index in [9.17, 15) is 22.8 Å². The number of esters is 1. The molecule has 31 heavy (non-hydrogen) atoms. The standard InChI is InChI=1S/C21H17ClF3NO5/c1-11-14(9-19(27)30-3)15-8-18(29-2)16(22)10-17(15)26(11)20(28)12-4-6-13(7-5-12)31-21(23,24)25/h4-8,10H,9H2,1-3H3. The van der Waals surface area contributed by atoms with Gasteiger partial charge in [0.2, 0.25) is 0 Å². The van der Waals surface area contributed by atoms with Crippen molar-refractivity contribution >= 4 is 34.4 Å². The van der Waals surface area contributed by atoms with E-state index >= 15 is 0 Å². The van der Waals surface area contributed by atoms with Crippen LogP contribution in [0.25, 0.3) is 10.9 Å². The van der Waals surface area contributed by atoms with Crippen LogP contribution in [0.15, 0.2) is 36.4 Å². The van der Waals surface area contributed by atoms with Crippen molar-refractivity contribution in [2.24, 2.45) is 0 Å². The van der Waals surface area contributed by atoms with Crippen LogP contribution >= 0.6 is 11.6 Å². The van der Waals surface area contributed by atoms with Gasteiger partial charge in [-0.1, -0.05) is 11.6 Å². The third-order valence-corrected chi connectivity index (χ3v) is 4.99. The van der Waals surface area contributed by atoms with Crippen molar-refractivity contribution in [2.75, 3.05) is 14.2 Å². The Balaban J connectivity index is 2.12. The van der Waals surface area contributed by atoms with Gasteiger partial charge in [0.05, 0.1) is 31.2 Å². The van der Waals surface area contributed by atoms with Gasteiger partial charge in [0, 0.05) is 16.6 Å². The van der Waals surface area contributed by atoms with Crippen molar-refractivity contribution in [3.05, 3.63) is 58.2 Å². The summed E-state index contributed by atoms with van der Waals surface area (Å²) >= 11 is 6.24. The summed E-state index contributed by atoms with van der Waals surface area (Å²) in [6, 6.07) is 7.69. The summed E-state index contributed by atoms with van der Waals surface area (Å²) in [7, 11) is 2.69. The number of alkyl halides is 3. The SMILES string of the molecule is COC(=O)Cc1c(C)n(C(=O)c2ccc(OC(F)(F)F)cc2)c2cc(Cl)c(OC)cc12. The normalized spacial score (nSPS) is 11.5. The van der Waals surface area contributed by atoms with E-state index < -0.39 is 24.0 Å². The number of methoxy groups -OCH3 is 2. The van der Waals surface area contributed by atoms with E-state index in [1.165, 1.54) is 37.0 Å². The molecular weight excluding hydrogens is 439 g/mol. The molecule has 0 unspecified atom stereocenters. The number of rotatable bonds is 5. The molecule has 0 aliphatic carbocycles. The van der Waals surface area contributed by atoms with Crippen molar-refractivity contribution in [2.45, 2.75) is 19.7 Å². The third-order valence-electron chi connectivity index (χ3n) is 4.70. The Labute approximate surface area is 180 Å². The number of fused-ring (bicyclic) bond motifs is 1. The van der Waals surface area contributed by atoms with Crippen LogP contribution in [0.4, 0.5) is 13.2 Å². The number of halogens is 4. The minimum atomic E-state index is -4.84. The van der Waals surface area contributed by atoms with Crippen LogP contribution in [0.1, 0.15) is 21.6 Å². The smallest absolute Gasteiger partial charge is 0.495 e. The Hall–Kier alpha value is -3.20. The number of carbonyl (C=O) groups is 2. The molecule has 1 heterocycles. The molecule has 0 atom stereocenters. The maximum Gasteiger partial charge on any atom is 0.573 e. The zero-order valence-electron chi connectivity index (χ0n) is 16.7. The predicted octanol–water partition coefficient (Wildman–Crippen LogP) is 4.91. The predicted molar refractivity (Wildman–Crippen MR) is 107 cm³/mol. The molecule has 10 heteroatoms. The quantitative estimate of drug-likeness (QED) is 0.511. The highest BCUT2D eigenvalue weighted by Gasteiger charge is 2.31. The second-order valence-electron chi connectivity index (χ2n) is 6.53. The molecule has 0 fully saturated rings. The number of ether oxygens (including phenoxy) is 3. The van der Waals surface area contributed by atoms with Crippen molar-refractivity contribution in [3.8, 4) is 11.5 Å². The molecule has 6 nitrogen and oxygen atoms in total. The summed E-state index contributed by atoms with van der Waals surface area (Å²) in [6.07, 6.45) is -4.93. The highest BCUT2D eigenvalue weighted by atomic mass is 35.5. The Kier molecular flexibility index (Phi) is 6.17. The van der Waals surface area contributed by atoms with E-state index in [4.69, 9.17) is 21.1 Å². The lowest BCUT2D eigenvalue weighted by Gasteiger charge is -2.11. The molecule has 2 aromatic carbocycles. The minimum absolute atomic E-state index is 0.0950. The molecule has 0 amide bonds. The number of hydrogen-bond acceptors (Lipinski definition) is 5. The Bertz CT molecular complexity index is 1150. The third kappa shape index (κ3) is 4.61. The van der Waals surface area contributed by atoms with E-state index in [1.54, 1.807) is 13.0 Å². The first-order valence-electron chi connectivity index (χ1n) is 8.90. The van der Waals surface area contributed by atoms with Crippen LogP contribution in [-0.4, -0.2) is 37.0 Å². The fraction of sp³-hybridized carbons (Fsp3) is 0.238. The number of benzene rings is 2. The fourth-order valence-electron chi connectivity index (χ4n) is 3.27. The van der Waals surface area contributed by atoms with Crippen molar-refractivity contribution in [1.29, 1.82) is 0 Å². The Morgan fingerprint density at radius 1 is 1.10 bits per heavy atom. The maximum atomic E-state index is 13.2. The molecule has 3 rings (SSSR count). The molecule has 0 saturated heterocycles. The molecule has 0 aliphatic heterocycles. The molecule has 0 radical (unpaired) electrons. The molecule has 1 aromatic heterocycles.